The van der Waals surface area contributed by atoms with Gasteiger partial charge in [0, 0.05) is 11.3 Å². The number of anilines is 1. The summed E-state index contributed by atoms with van der Waals surface area (Å²) < 4.78 is 32.0. The van der Waals surface area contributed by atoms with E-state index in [0.717, 1.165) is 0 Å². The Bertz CT molecular complexity index is 703. The van der Waals surface area contributed by atoms with E-state index in [2.05, 4.69) is 19.9 Å². The van der Waals surface area contributed by atoms with Crippen molar-refractivity contribution in [3.63, 3.8) is 0 Å². The van der Waals surface area contributed by atoms with E-state index in [-0.39, 0.29) is 10.8 Å². The van der Waals surface area contributed by atoms with Crippen molar-refractivity contribution in [2.24, 2.45) is 0 Å². The molecule has 0 saturated heterocycles. The number of aromatic amines is 1. The molecule has 0 saturated carbocycles. The molecule has 2 N–H and O–H groups in total. The van der Waals surface area contributed by atoms with Gasteiger partial charge in [-0.25, -0.2) is 18.2 Å². The fourth-order valence-electron chi connectivity index (χ4n) is 1.61. The lowest BCUT2D eigenvalue weighted by molar-refractivity contribution is 0.496. The van der Waals surface area contributed by atoms with Gasteiger partial charge in [0.15, 0.2) is 0 Å². The van der Waals surface area contributed by atoms with Crippen molar-refractivity contribution in [3.05, 3.63) is 17.6 Å². The number of hydrogen-bond donors (Lipinski definition) is 2. The largest absolute Gasteiger partial charge is 0.465 e. The maximum atomic E-state index is 12.2. The first-order valence-corrected chi connectivity index (χ1v) is 8.33. The summed E-state index contributed by atoms with van der Waals surface area (Å²) in [4.78, 5) is 4.17. The summed E-state index contributed by atoms with van der Waals surface area (Å²) in [5, 5.41) is 7.31. The number of rotatable bonds is 5. The van der Waals surface area contributed by atoms with Crippen molar-refractivity contribution in [3.8, 4) is 0 Å². The zero-order chi connectivity index (χ0) is 14.9. The average molecular weight is 316 g/mol. The number of aromatic nitrogens is 3. The van der Waals surface area contributed by atoms with Gasteiger partial charge >= 0.3 is 0 Å². The van der Waals surface area contributed by atoms with Gasteiger partial charge in [-0.15, -0.1) is 5.10 Å². The molecule has 0 unspecified atom stereocenters. The van der Waals surface area contributed by atoms with Gasteiger partial charge in [-0.05, 0) is 13.8 Å². The SMILES string of the molecule is Cc1cc(S(=O)(=O)Nc2nc(SC(C)C)n[nH]2)c(C)o1. The second kappa shape index (κ2) is 5.49. The normalized spacial score (nSPS) is 12.1. The van der Waals surface area contributed by atoms with Crippen molar-refractivity contribution >= 4 is 27.7 Å². The van der Waals surface area contributed by atoms with Gasteiger partial charge in [0.2, 0.25) is 11.1 Å². The van der Waals surface area contributed by atoms with Gasteiger partial charge in [-0.2, -0.15) is 4.98 Å². The van der Waals surface area contributed by atoms with E-state index >= 15 is 0 Å². The van der Waals surface area contributed by atoms with Gasteiger partial charge in [0.25, 0.3) is 10.0 Å². The molecular weight excluding hydrogens is 300 g/mol. The molecule has 2 rings (SSSR count). The van der Waals surface area contributed by atoms with E-state index in [4.69, 9.17) is 4.42 Å². The number of furan rings is 1. The molecule has 0 aromatic carbocycles. The number of nitrogens with zero attached hydrogens (tertiary/aromatic N) is 2. The molecule has 0 aliphatic rings. The quantitative estimate of drug-likeness (QED) is 0.821. The summed E-state index contributed by atoms with van der Waals surface area (Å²) in [6.07, 6.45) is 0. The van der Waals surface area contributed by atoms with Crippen LogP contribution in [0.5, 0.6) is 0 Å². The van der Waals surface area contributed by atoms with Crippen LogP contribution in [0.3, 0.4) is 0 Å². The van der Waals surface area contributed by atoms with Gasteiger partial charge in [-0.3, -0.25) is 0 Å². The standard InChI is InChI=1S/C11H16N4O3S2/c1-6(2)19-11-12-10(13-14-11)15-20(16,17)9-5-7(3)18-8(9)4/h5-6H,1-4H3,(H2,12,13,14,15). The molecule has 0 aliphatic heterocycles. The molecule has 2 aromatic heterocycles. The minimum atomic E-state index is -3.73. The Balaban J connectivity index is 2.20. The predicted octanol–water partition coefficient (Wildman–Crippen LogP) is 2.32. The summed E-state index contributed by atoms with van der Waals surface area (Å²) in [5.41, 5.74) is 0. The highest BCUT2D eigenvalue weighted by molar-refractivity contribution is 7.99. The molecule has 0 atom stereocenters. The predicted molar refractivity (Wildman–Crippen MR) is 76.4 cm³/mol. The molecule has 2 aromatic rings. The van der Waals surface area contributed by atoms with Crippen LogP contribution in [0.25, 0.3) is 0 Å². The van der Waals surface area contributed by atoms with Crippen LogP contribution in [0.4, 0.5) is 5.95 Å². The van der Waals surface area contributed by atoms with Crippen LogP contribution in [0.2, 0.25) is 0 Å². The highest BCUT2D eigenvalue weighted by Gasteiger charge is 2.22. The van der Waals surface area contributed by atoms with Gasteiger partial charge in [-0.1, -0.05) is 25.6 Å². The molecule has 110 valence electrons. The van der Waals surface area contributed by atoms with Crippen molar-refractivity contribution < 1.29 is 12.8 Å². The number of nitrogens with one attached hydrogen (secondary N) is 2. The molecule has 9 heteroatoms. The van der Waals surface area contributed by atoms with Crippen LogP contribution in [0.15, 0.2) is 20.5 Å². The lowest BCUT2D eigenvalue weighted by atomic mass is 10.4. The molecule has 7 nitrogen and oxygen atoms in total. The van der Waals surface area contributed by atoms with E-state index in [1.807, 2.05) is 13.8 Å². The minimum absolute atomic E-state index is 0.0893. The van der Waals surface area contributed by atoms with Crippen LogP contribution in [0, 0.1) is 13.8 Å². The molecule has 0 fully saturated rings. The van der Waals surface area contributed by atoms with Crippen molar-refractivity contribution in [2.75, 3.05) is 4.72 Å². The zero-order valence-corrected chi connectivity index (χ0v) is 13.2. The zero-order valence-electron chi connectivity index (χ0n) is 11.6. The first-order chi connectivity index (χ1) is 9.28. The van der Waals surface area contributed by atoms with E-state index in [1.54, 1.807) is 13.8 Å². The topological polar surface area (TPSA) is 101 Å². The monoisotopic (exact) mass is 316 g/mol. The number of H-pyrrole nitrogens is 1. The van der Waals surface area contributed by atoms with Crippen LogP contribution < -0.4 is 4.72 Å². The third kappa shape index (κ3) is 3.34. The first-order valence-electron chi connectivity index (χ1n) is 5.97. The maximum absolute atomic E-state index is 12.2. The molecule has 0 bridgehead atoms. The van der Waals surface area contributed by atoms with E-state index in [1.165, 1.54) is 17.8 Å². The Morgan fingerprint density at radius 1 is 1.40 bits per heavy atom. The van der Waals surface area contributed by atoms with Crippen LogP contribution in [-0.4, -0.2) is 28.8 Å². The average Bonchev–Trinajstić information content (AvgIpc) is 2.84. The number of thioether (sulfide) groups is 1. The van der Waals surface area contributed by atoms with E-state index in [9.17, 15) is 8.42 Å². The lowest BCUT2D eigenvalue weighted by Crippen LogP contribution is -2.14. The number of aryl methyl sites for hydroxylation is 2. The van der Waals surface area contributed by atoms with E-state index in [0.29, 0.717) is 21.9 Å². The summed E-state index contributed by atoms with van der Waals surface area (Å²) >= 11 is 1.44. The third-order valence-electron chi connectivity index (χ3n) is 2.32. The van der Waals surface area contributed by atoms with Gasteiger partial charge in [0.05, 0.1) is 0 Å². The molecule has 2 heterocycles. The minimum Gasteiger partial charge on any atom is -0.465 e. The molecule has 0 aliphatic carbocycles. The van der Waals surface area contributed by atoms with E-state index < -0.39 is 10.0 Å². The smallest absolute Gasteiger partial charge is 0.267 e. The van der Waals surface area contributed by atoms with Gasteiger partial charge in [0.1, 0.15) is 16.4 Å². The Morgan fingerprint density at radius 3 is 2.65 bits per heavy atom. The molecule has 20 heavy (non-hydrogen) atoms. The van der Waals surface area contributed by atoms with Crippen LogP contribution >= 0.6 is 11.8 Å². The molecule has 0 amide bonds. The molecule has 0 radical (unpaired) electrons. The second-order valence-electron chi connectivity index (χ2n) is 4.52. The van der Waals surface area contributed by atoms with Crippen LogP contribution in [0.1, 0.15) is 25.4 Å². The summed E-state index contributed by atoms with van der Waals surface area (Å²) in [6.45, 7) is 7.30. The highest BCUT2D eigenvalue weighted by Crippen LogP contribution is 2.23. The Morgan fingerprint density at radius 2 is 2.10 bits per heavy atom. The fraction of sp³-hybridized carbons (Fsp3) is 0.455. The Labute approximate surface area is 121 Å². The van der Waals surface area contributed by atoms with Crippen molar-refractivity contribution in [1.82, 2.24) is 15.2 Å². The summed E-state index contributed by atoms with van der Waals surface area (Å²) in [7, 11) is -3.73. The molecular formula is C11H16N4O3S2. The third-order valence-corrected chi connectivity index (χ3v) is 4.63. The first kappa shape index (κ1) is 14.9. The highest BCUT2D eigenvalue weighted by atomic mass is 32.2. The summed E-state index contributed by atoms with van der Waals surface area (Å²) in [5.74, 6) is 0.967. The number of hydrogen-bond acceptors (Lipinski definition) is 6. The Hall–Kier alpha value is -1.48. The van der Waals surface area contributed by atoms with Crippen LogP contribution in [-0.2, 0) is 10.0 Å². The fourth-order valence-corrected chi connectivity index (χ4v) is 3.47. The lowest BCUT2D eigenvalue weighted by Gasteiger charge is -2.02. The Kier molecular flexibility index (Phi) is 4.09. The maximum Gasteiger partial charge on any atom is 0.267 e. The summed E-state index contributed by atoms with van der Waals surface area (Å²) in [6, 6.07) is 1.47. The van der Waals surface area contributed by atoms with Crippen molar-refractivity contribution in [2.45, 2.75) is 43.0 Å². The molecule has 0 spiro atoms. The second-order valence-corrected chi connectivity index (χ2v) is 7.71. The van der Waals surface area contributed by atoms with Crippen molar-refractivity contribution in [1.29, 1.82) is 0 Å². The van der Waals surface area contributed by atoms with Gasteiger partial charge < -0.3 is 4.42 Å². The number of sulfonamides is 1.